The fraction of sp³-hybridized carbons (Fsp3) is 0.688. The molecular formula is C32H45N3O6. The van der Waals surface area contributed by atoms with Crippen LogP contribution in [0.3, 0.4) is 0 Å². The van der Waals surface area contributed by atoms with Gasteiger partial charge in [0.15, 0.2) is 0 Å². The molecular weight excluding hydrogens is 522 g/mol. The minimum absolute atomic E-state index is 0.0334. The van der Waals surface area contributed by atoms with Gasteiger partial charge in [0, 0.05) is 18.7 Å². The highest BCUT2D eigenvalue weighted by atomic mass is 16.5. The average Bonchev–Trinajstić information content (AvgIpc) is 3.59. The number of nitriles is 1. The third kappa shape index (κ3) is 6.79. The topological polar surface area (TPSA) is 127 Å². The lowest BCUT2D eigenvalue weighted by Gasteiger charge is -2.35. The van der Waals surface area contributed by atoms with Gasteiger partial charge >= 0.3 is 5.97 Å². The van der Waals surface area contributed by atoms with Crippen LogP contribution >= 0.6 is 0 Å². The maximum atomic E-state index is 13.7. The highest BCUT2D eigenvalue weighted by Crippen LogP contribution is 2.49. The Bertz CT molecular complexity index is 1150. The van der Waals surface area contributed by atoms with Crippen LogP contribution in [0, 0.1) is 34.5 Å². The molecule has 0 spiro atoms. The van der Waals surface area contributed by atoms with E-state index in [4.69, 9.17) is 14.2 Å². The van der Waals surface area contributed by atoms with Gasteiger partial charge in [-0.1, -0.05) is 26.2 Å². The number of rotatable bonds is 12. The van der Waals surface area contributed by atoms with Crippen LogP contribution in [0.25, 0.3) is 0 Å². The molecule has 0 heterocycles. The molecule has 0 radical (unpaired) electrons. The second kappa shape index (κ2) is 13.6. The first kappa shape index (κ1) is 30.7. The Labute approximate surface area is 243 Å². The maximum Gasteiger partial charge on any atom is 0.311 e. The summed E-state index contributed by atoms with van der Waals surface area (Å²) in [6, 6.07) is 5.03. The Hall–Kier alpha value is -3.28. The van der Waals surface area contributed by atoms with E-state index in [9.17, 15) is 19.6 Å². The van der Waals surface area contributed by atoms with E-state index in [2.05, 4.69) is 23.6 Å². The van der Waals surface area contributed by atoms with Crippen LogP contribution in [0.5, 0.6) is 11.5 Å². The van der Waals surface area contributed by atoms with Crippen molar-refractivity contribution in [3.05, 3.63) is 23.3 Å². The molecule has 41 heavy (non-hydrogen) atoms. The van der Waals surface area contributed by atoms with Crippen LogP contribution in [0.4, 0.5) is 0 Å². The molecule has 1 aromatic carbocycles. The van der Waals surface area contributed by atoms with Gasteiger partial charge in [-0.05, 0) is 76.2 Å². The summed E-state index contributed by atoms with van der Waals surface area (Å²) >= 11 is 0. The van der Waals surface area contributed by atoms with Gasteiger partial charge in [-0.15, -0.1) is 0 Å². The Morgan fingerprint density at radius 3 is 2.41 bits per heavy atom. The van der Waals surface area contributed by atoms with Crippen molar-refractivity contribution in [2.75, 3.05) is 20.8 Å². The van der Waals surface area contributed by atoms with E-state index >= 15 is 0 Å². The summed E-state index contributed by atoms with van der Waals surface area (Å²) in [4.78, 5) is 39.1. The Balaban J connectivity index is 1.47. The van der Waals surface area contributed by atoms with Gasteiger partial charge in [-0.3, -0.25) is 14.4 Å². The lowest BCUT2D eigenvalue weighted by Crippen LogP contribution is -2.50. The second-order valence-corrected chi connectivity index (χ2v) is 12.2. The number of hydrogen-bond acceptors (Lipinski definition) is 7. The molecule has 1 aromatic rings. The van der Waals surface area contributed by atoms with Crippen molar-refractivity contribution in [1.82, 2.24) is 10.6 Å². The number of amides is 2. The van der Waals surface area contributed by atoms with E-state index in [0.29, 0.717) is 38.0 Å². The molecule has 2 N–H and O–H groups in total. The second-order valence-electron chi connectivity index (χ2n) is 12.2. The van der Waals surface area contributed by atoms with Gasteiger partial charge in [0.05, 0.1) is 42.8 Å². The lowest BCUT2D eigenvalue weighted by molar-refractivity contribution is -0.154. The van der Waals surface area contributed by atoms with Gasteiger partial charge in [0.1, 0.15) is 17.6 Å². The number of carbonyl (C=O) groups is 3. The molecule has 4 rings (SSSR count). The van der Waals surface area contributed by atoms with Crippen molar-refractivity contribution in [1.29, 1.82) is 5.26 Å². The minimum atomic E-state index is -0.545. The van der Waals surface area contributed by atoms with Gasteiger partial charge in [0.25, 0.3) is 5.91 Å². The average molecular weight is 568 g/mol. The SMILES string of the molecule is CCCCCCNC(=O)[C@H]1[C@@H]2CC[C@@H](C2)[C@H]1NC(=O)c1cc(OC2CCC(C)(C(=O)OC)CC2)c(C#N)cc1OC. The number of nitrogens with zero attached hydrogens (tertiary/aromatic N) is 1. The van der Waals surface area contributed by atoms with Crippen LogP contribution < -0.4 is 20.1 Å². The van der Waals surface area contributed by atoms with Crippen LogP contribution in [-0.4, -0.2) is 50.7 Å². The van der Waals surface area contributed by atoms with Crippen LogP contribution in [0.2, 0.25) is 0 Å². The molecule has 2 amide bonds. The summed E-state index contributed by atoms with van der Waals surface area (Å²) in [7, 11) is 2.87. The van der Waals surface area contributed by atoms with Crippen LogP contribution in [0.15, 0.2) is 12.1 Å². The van der Waals surface area contributed by atoms with Crippen molar-refractivity contribution in [3.8, 4) is 17.6 Å². The zero-order chi connectivity index (χ0) is 29.6. The number of ether oxygens (including phenoxy) is 3. The Morgan fingerprint density at radius 2 is 1.76 bits per heavy atom. The molecule has 9 heteroatoms. The van der Waals surface area contributed by atoms with E-state index < -0.39 is 5.41 Å². The molecule has 4 atom stereocenters. The largest absolute Gasteiger partial charge is 0.496 e. The van der Waals surface area contributed by atoms with Crippen molar-refractivity contribution >= 4 is 17.8 Å². The number of hydrogen-bond donors (Lipinski definition) is 2. The molecule has 0 saturated heterocycles. The number of esters is 1. The Kier molecular flexibility index (Phi) is 10.2. The molecule has 0 aromatic heterocycles. The molecule has 3 fully saturated rings. The van der Waals surface area contributed by atoms with Gasteiger partial charge in [-0.25, -0.2) is 0 Å². The zero-order valence-electron chi connectivity index (χ0n) is 24.9. The highest BCUT2D eigenvalue weighted by Gasteiger charge is 2.51. The fourth-order valence-electron chi connectivity index (χ4n) is 7.05. The normalized spacial score (nSPS) is 28.4. The maximum absolute atomic E-state index is 13.7. The van der Waals surface area contributed by atoms with E-state index in [0.717, 1.165) is 44.9 Å². The molecule has 3 aliphatic rings. The summed E-state index contributed by atoms with van der Waals surface area (Å²) in [6.07, 6.45) is 9.63. The summed E-state index contributed by atoms with van der Waals surface area (Å²) in [5.74, 6) is 0.391. The summed E-state index contributed by atoms with van der Waals surface area (Å²) in [5, 5.41) is 16.1. The molecule has 3 aliphatic carbocycles. The number of unbranched alkanes of at least 4 members (excludes halogenated alkanes) is 3. The van der Waals surface area contributed by atoms with Gasteiger partial charge in [0.2, 0.25) is 5.91 Å². The van der Waals surface area contributed by atoms with E-state index in [1.807, 2.05) is 6.92 Å². The predicted molar refractivity (Wildman–Crippen MR) is 153 cm³/mol. The first-order valence-corrected chi connectivity index (χ1v) is 15.2. The number of nitrogens with one attached hydrogen (secondary N) is 2. The van der Waals surface area contributed by atoms with Crippen molar-refractivity contribution in [2.45, 2.75) is 96.6 Å². The standard InChI is InChI=1S/C32H45N3O6/c1-5-6-7-8-15-34-30(37)27-20-9-10-21(16-20)28(27)35-29(36)24-18-25(22(19-33)17-26(24)39-3)41-23-11-13-32(2,14-12-23)31(38)40-4/h17-18,20-21,23,27-28H,5-16H2,1-4H3,(H,34,37)(H,35,36)/t20-,21+,23?,27+,28-,32?/m1/s1. The fourth-order valence-corrected chi connectivity index (χ4v) is 7.05. The molecule has 2 bridgehead atoms. The number of carbonyl (C=O) groups excluding carboxylic acids is 3. The summed E-state index contributed by atoms with van der Waals surface area (Å²) in [5.41, 5.74) is 0.00884. The monoisotopic (exact) mass is 567 g/mol. The van der Waals surface area contributed by atoms with Crippen molar-refractivity contribution in [3.63, 3.8) is 0 Å². The van der Waals surface area contributed by atoms with Crippen LogP contribution in [-0.2, 0) is 14.3 Å². The minimum Gasteiger partial charge on any atom is -0.496 e. The van der Waals surface area contributed by atoms with Crippen molar-refractivity contribution in [2.24, 2.45) is 23.2 Å². The van der Waals surface area contributed by atoms with E-state index in [1.54, 1.807) is 6.07 Å². The first-order chi connectivity index (χ1) is 19.7. The van der Waals surface area contributed by atoms with Gasteiger partial charge < -0.3 is 24.8 Å². The van der Waals surface area contributed by atoms with Crippen molar-refractivity contribution < 1.29 is 28.6 Å². The first-order valence-electron chi connectivity index (χ1n) is 15.2. The highest BCUT2D eigenvalue weighted by molar-refractivity contribution is 5.98. The van der Waals surface area contributed by atoms with E-state index in [-0.39, 0.29) is 64.6 Å². The molecule has 0 unspecified atom stereocenters. The van der Waals surface area contributed by atoms with Gasteiger partial charge in [-0.2, -0.15) is 5.26 Å². The van der Waals surface area contributed by atoms with Crippen LogP contribution in [0.1, 0.15) is 100 Å². The molecule has 0 aliphatic heterocycles. The lowest BCUT2D eigenvalue weighted by atomic mass is 9.74. The third-order valence-corrected chi connectivity index (χ3v) is 9.52. The molecule has 3 saturated carbocycles. The third-order valence-electron chi connectivity index (χ3n) is 9.52. The van der Waals surface area contributed by atoms with E-state index in [1.165, 1.54) is 20.3 Å². The summed E-state index contributed by atoms with van der Waals surface area (Å²) < 4.78 is 16.7. The zero-order valence-corrected chi connectivity index (χ0v) is 24.9. The number of fused-ring (bicyclic) bond motifs is 2. The quantitative estimate of drug-likeness (QED) is 0.271. The molecule has 9 nitrogen and oxygen atoms in total. The molecule has 224 valence electrons. The smallest absolute Gasteiger partial charge is 0.311 e. The number of benzene rings is 1. The summed E-state index contributed by atoms with van der Waals surface area (Å²) in [6.45, 7) is 4.73. The number of methoxy groups -OCH3 is 2. The Morgan fingerprint density at radius 1 is 1.02 bits per heavy atom. The predicted octanol–water partition coefficient (Wildman–Crippen LogP) is 4.91.